The van der Waals surface area contributed by atoms with Crippen LogP contribution in [-0.2, 0) is 16.6 Å². The first-order valence-electron chi connectivity index (χ1n) is 6.54. The van der Waals surface area contributed by atoms with E-state index >= 15 is 0 Å². The fourth-order valence-electron chi connectivity index (χ4n) is 2.18. The van der Waals surface area contributed by atoms with Crippen LogP contribution < -0.4 is 15.2 Å². The first-order chi connectivity index (χ1) is 9.56. The maximum absolute atomic E-state index is 12.4. The summed E-state index contributed by atoms with van der Waals surface area (Å²) in [4.78, 5) is 0.174. The highest BCUT2D eigenvalue weighted by Gasteiger charge is 2.24. The van der Waals surface area contributed by atoms with E-state index in [0.29, 0.717) is 12.3 Å². The molecule has 1 aliphatic heterocycles. The van der Waals surface area contributed by atoms with Gasteiger partial charge in [-0.1, -0.05) is 6.07 Å². The molecule has 0 radical (unpaired) electrons. The Morgan fingerprint density at radius 2 is 2.30 bits per heavy atom. The van der Waals surface area contributed by atoms with Gasteiger partial charge in [-0.25, -0.2) is 13.1 Å². The lowest BCUT2D eigenvalue weighted by molar-refractivity contribution is 0.401. The summed E-state index contributed by atoms with van der Waals surface area (Å²) in [6.07, 6.45) is 1.93. The summed E-state index contributed by atoms with van der Waals surface area (Å²) in [5.41, 5.74) is 6.40. The molecular weight excluding hydrogens is 296 g/mol. The number of sulfonamides is 1. The van der Waals surface area contributed by atoms with Crippen LogP contribution in [0.2, 0.25) is 0 Å². The highest BCUT2D eigenvalue weighted by molar-refractivity contribution is 7.99. The van der Waals surface area contributed by atoms with Gasteiger partial charge in [-0.2, -0.15) is 11.8 Å². The molecule has 20 heavy (non-hydrogen) atoms. The van der Waals surface area contributed by atoms with E-state index in [2.05, 4.69) is 4.72 Å². The van der Waals surface area contributed by atoms with Crippen molar-refractivity contribution < 1.29 is 13.2 Å². The fraction of sp³-hybridized carbons (Fsp3) is 0.538. The Labute approximate surface area is 124 Å². The topological polar surface area (TPSA) is 81.4 Å². The van der Waals surface area contributed by atoms with Crippen LogP contribution in [0.15, 0.2) is 23.1 Å². The van der Waals surface area contributed by atoms with Gasteiger partial charge in [-0.05, 0) is 36.3 Å². The van der Waals surface area contributed by atoms with Crippen LogP contribution in [-0.4, -0.2) is 33.1 Å². The van der Waals surface area contributed by atoms with Crippen LogP contribution in [0.3, 0.4) is 0 Å². The number of nitrogens with one attached hydrogen (secondary N) is 1. The van der Waals surface area contributed by atoms with E-state index in [9.17, 15) is 8.42 Å². The second-order valence-electron chi connectivity index (χ2n) is 4.72. The van der Waals surface area contributed by atoms with Gasteiger partial charge >= 0.3 is 0 Å². The predicted molar refractivity (Wildman–Crippen MR) is 81.6 cm³/mol. The molecule has 0 aliphatic carbocycles. The lowest BCUT2D eigenvalue weighted by Crippen LogP contribution is -2.38. The maximum atomic E-state index is 12.4. The summed E-state index contributed by atoms with van der Waals surface area (Å²) in [5, 5.41) is 0. The minimum Gasteiger partial charge on any atom is -0.495 e. The Kier molecular flexibility index (Phi) is 5.31. The van der Waals surface area contributed by atoms with Crippen molar-refractivity contribution in [2.24, 2.45) is 5.73 Å². The first kappa shape index (κ1) is 15.6. The van der Waals surface area contributed by atoms with Crippen molar-refractivity contribution in [1.82, 2.24) is 4.72 Å². The van der Waals surface area contributed by atoms with Crippen LogP contribution in [0.5, 0.6) is 5.75 Å². The molecule has 1 aromatic carbocycles. The third-order valence-corrected chi connectivity index (χ3v) is 6.01. The summed E-state index contributed by atoms with van der Waals surface area (Å²) >= 11 is 1.78. The number of thioether (sulfide) groups is 1. The van der Waals surface area contributed by atoms with E-state index in [1.165, 1.54) is 7.11 Å². The standard InChI is InChI=1S/C13H20N2O3S2/c1-18-12-7-10(8-14)4-5-13(12)20(16,17)15-11-3-2-6-19-9-11/h4-5,7,11,15H,2-3,6,8-9,14H2,1H3. The smallest absolute Gasteiger partial charge is 0.244 e. The lowest BCUT2D eigenvalue weighted by atomic mass is 10.2. The first-order valence-corrected chi connectivity index (χ1v) is 9.17. The highest BCUT2D eigenvalue weighted by Crippen LogP contribution is 2.26. The van der Waals surface area contributed by atoms with E-state index in [4.69, 9.17) is 10.5 Å². The molecule has 112 valence electrons. The summed E-state index contributed by atoms with van der Waals surface area (Å²) < 4.78 is 32.8. The number of rotatable bonds is 5. The third kappa shape index (κ3) is 3.66. The van der Waals surface area contributed by atoms with E-state index in [1.54, 1.807) is 30.0 Å². The summed E-state index contributed by atoms with van der Waals surface area (Å²) in [5.74, 6) is 2.26. The molecule has 7 heteroatoms. The molecule has 3 N–H and O–H groups in total. The van der Waals surface area contributed by atoms with Crippen LogP contribution in [0.25, 0.3) is 0 Å². The molecule has 0 saturated carbocycles. The van der Waals surface area contributed by atoms with Gasteiger partial charge in [0.1, 0.15) is 10.6 Å². The number of nitrogens with two attached hydrogens (primary N) is 1. The van der Waals surface area contributed by atoms with Gasteiger partial charge in [0.05, 0.1) is 7.11 Å². The fourth-order valence-corrected chi connectivity index (χ4v) is 4.78. The molecule has 0 aromatic heterocycles. The molecule has 1 saturated heterocycles. The largest absolute Gasteiger partial charge is 0.495 e. The Hall–Kier alpha value is -0.760. The van der Waals surface area contributed by atoms with Gasteiger partial charge in [-0.15, -0.1) is 0 Å². The van der Waals surface area contributed by atoms with E-state index in [-0.39, 0.29) is 10.9 Å². The van der Waals surface area contributed by atoms with Gasteiger partial charge in [0, 0.05) is 18.3 Å². The summed E-state index contributed by atoms with van der Waals surface area (Å²) in [7, 11) is -2.09. The number of ether oxygens (including phenoxy) is 1. The second kappa shape index (κ2) is 6.80. The van der Waals surface area contributed by atoms with Crippen molar-refractivity contribution in [2.75, 3.05) is 18.6 Å². The molecule has 1 aromatic rings. The number of hydrogen-bond acceptors (Lipinski definition) is 5. The normalized spacial score (nSPS) is 19.8. The Morgan fingerprint density at radius 3 is 2.90 bits per heavy atom. The van der Waals surface area contributed by atoms with Crippen LogP contribution in [0.4, 0.5) is 0 Å². The molecule has 2 rings (SSSR count). The van der Waals surface area contributed by atoms with Crippen molar-refractivity contribution in [2.45, 2.75) is 30.3 Å². The molecule has 0 spiro atoms. The molecule has 1 fully saturated rings. The van der Waals surface area contributed by atoms with Crippen molar-refractivity contribution >= 4 is 21.8 Å². The Morgan fingerprint density at radius 1 is 1.50 bits per heavy atom. The SMILES string of the molecule is COc1cc(CN)ccc1S(=O)(=O)NC1CCCSC1. The minimum atomic E-state index is -3.56. The van der Waals surface area contributed by atoms with Gasteiger partial charge in [0.25, 0.3) is 0 Å². The molecule has 1 aliphatic rings. The average Bonchev–Trinajstić information content (AvgIpc) is 2.47. The Bertz CT molecular complexity index is 555. The van der Waals surface area contributed by atoms with Crippen LogP contribution in [0.1, 0.15) is 18.4 Å². The van der Waals surface area contributed by atoms with Crippen molar-refractivity contribution in [3.63, 3.8) is 0 Å². The highest BCUT2D eigenvalue weighted by atomic mass is 32.2. The zero-order valence-electron chi connectivity index (χ0n) is 11.5. The second-order valence-corrected chi connectivity index (χ2v) is 7.56. The zero-order chi connectivity index (χ0) is 14.6. The quantitative estimate of drug-likeness (QED) is 0.856. The average molecular weight is 316 g/mol. The number of methoxy groups -OCH3 is 1. The van der Waals surface area contributed by atoms with Gasteiger partial charge in [0.15, 0.2) is 0 Å². The van der Waals surface area contributed by atoms with Crippen molar-refractivity contribution in [3.05, 3.63) is 23.8 Å². The monoisotopic (exact) mass is 316 g/mol. The van der Waals surface area contributed by atoms with Crippen LogP contribution in [0, 0.1) is 0 Å². The summed E-state index contributed by atoms with van der Waals surface area (Å²) in [6.45, 7) is 0.351. The molecule has 1 atom stereocenters. The van der Waals surface area contributed by atoms with E-state index in [1.807, 2.05) is 0 Å². The van der Waals surface area contributed by atoms with E-state index < -0.39 is 10.0 Å². The molecule has 0 bridgehead atoms. The molecule has 1 unspecified atom stereocenters. The number of hydrogen-bond donors (Lipinski definition) is 2. The van der Waals surface area contributed by atoms with E-state index in [0.717, 1.165) is 29.9 Å². The maximum Gasteiger partial charge on any atom is 0.244 e. The Balaban J connectivity index is 2.24. The lowest BCUT2D eigenvalue weighted by Gasteiger charge is -2.22. The molecule has 0 amide bonds. The minimum absolute atomic E-state index is 0.00218. The summed E-state index contributed by atoms with van der Waals surface area (Å²) in [6, 6.07) is 4.94. The van der Waals surface area contributed by atoms with Crippen molar-refractivity contribution in [3.8, 4) is 5.75 Å². The molecule has 1 heterocycles. The van der Waals surface area contributed by atoms with Gasteiger partial charge in [0.2, 0.25) is 10.0 Å². The third-order valence-electron chi connectivity index (χ3n) is 3.24. The van der Waals surface area contributed by atoms with Gasteiger partial charge < -0.3 is 10.5 Å². The number of benzene rings is 1. The zero-order valence-corrected chi connectivity index (χ0v) is 13.1. The van der Waals surface area contributed by atoms with Gasteiger partial charge in [-0.3, -0.25) is 0 Å². The molecule has 5 nitrogen and oxygen atoms in total. The molecular formula is C13H20N2O3S2. The van der Waals surface area contributed by atoms with Crippen LogP contribution >= 0.6 is 11.8 Å². The predicted octanol–water partition coefficient (Wildman–Crippen LogP) is 1.33. The van der Waals surface area contributed by atoms with Crippen molar-refractivity contribution in [1.29, 1.82) is 0 Å².